The molecule has 3 rings (SSSR count). The summed E-state index contributed by atoms with van der Waals surface area (Å²) < 4.78 is 15.7. The number of hydrogen-bond acceptors (Lipinski definition) is 6. The van der Waals surface area contributed by atoms with Gasteiger partial charge in [-0.3, -0.25) is 0 Å². The van der Waals surface area contributed by atoms with Crippen LogP contribution in [0.5, 0.6) is 11.5 Å². The van der Waals surface area contributed by atoms with E-state index >= 15 is 0 Å². The van der Waals surface area contributed by atoms with Crippen LogP contribution in [0.25, 0.3) is 16.8 Å². The van der Waals surface area contributed by atoms with Gasteiger partial charge in [0.15, 0.2) is 0 Å². The largest absolute Gasteiger partial charge is 0.458 e. The first kappa shape index (κ1) is 24.2. The summed E-state index contributed by atoms with van der Waals surface area (Å²) >= 11 is 0. The van der Waals surface area contributed by atoms with Crippen molar-refractivity contribution in [1.82, 2.24) is 0 Å². The molecule has 0 fully saturated rings. The minimum atomic E-state index is -0.489. The fourth-order valence-corrected chi connectivity index (χ4v) is 2.85. The normalized spacial score (nSPS) is 10.6. The Morgan fingerprint density at radius 2 is 1.32 bits per heavy atom. The molecule has 0 heterocycles. The van der Waals surface area contributed by atoms with E-state index in [2.05, 4.69) is 13.2 Å². The molecule has 0 atom stereocenters. The molecule has 0 aliphatic heterocycles. The Balaban J connectivity index is 1.61. The van der Waals surface area contributed by atoms with Crippen molar-refractivity contribution in [3.05, 3.63) is 102 Å². The second-order valence-electron chi connectivity index (χ2n) is 7.63. The second-order valence-corrected chi connectivity index (χ2v) is 7.63. The van der Waals surface area contributed by atoms with E-state index in [1.807, 2.05) is 0 Å². The van der Waals surface area contributed by atoms with E-state index in [0.717, 1.165) is 16.3 Å². The summed E-state index contributed by atoms with van der Waals surface area (Å²) in [7, 11) is 0. The predicted molar refractivity (Wildman–Crippen MR) is 131 cm³/mol. The fourth-order valence-electron chi connectivity index (χ4n) is 2.85. The molecule has 0 N–H and O–H groups in total. The minimum absolute atomic E-state index is 0.134. The Morgan fingerprint density at radius 3 is 1.88 bits per heavy atom. The number of hydrogen-bond donors (Lipinski definition) is 0. The van der Waals surface area contributed by atoms with Gasteiger partial charge in [0, 0.05) is 11.1 Å². The molecule has 6 nitrogen and oxygen atoms in total. The molecule has 0 aliphatic rings. The topological polar surface area (TPSA) is 78.9 Å². The highest BCUT2D eigenvalue weighted by molar-refractivity contribution is 5.93. The zero-order chi connectivity index (χ0) is 24.7. The van der Waals surface area contributed by atoms with Gasteiger partial charge in [-0.25, -0.2) is 14.4 Å². The molecule has 34 heavy (non-hydrogen) atoms. The maximum absolute atomic E-state index is 12.5. The van der Waals surface area contributed by atoms with Gasteiger partial charge in [-0.15, -0.1) is 0 Å². The molecule has 0 unspecified atom stereocenters. The number of rotatable bonds is 8. The lowest BCUT2D eigenvalue weighted by atomic mass is 10.1. The van der Waals surface area contributed by atoms with E-state index in [1.165, 1.54) is 0 Å². The van der Waals surface area contributed by atoms with E-state index in [4.69, 9.17) is 14.2 Å². The summed E-state index contributed by atoms with van der Waals surface area (Å²) in [6.45, 7) is 10.4. The highest BCUT2D eigenvalue weighted by Crippen LogP contribution is 2.26. The second kappa shape index (κ2) is 10.9. The number of benzene rings is 3. The van der Waals surface area contributed by atoms with Crippen LogP contribution < -0.4 is 9.47 Å². The molecule has 0 bridgehead atoms. The SMILES string of the molecule is C=C(C)C(=O)OC/C=C/c1ccc(C(=O)Oc2ccc3cc(OC(=O)C(=C)C)ccc3c2)cc1. The molecule has 3 aromatic rings. The Kier molecular flexibility index (Phi) is 7.77. The first-order valence-corrected chi connectivity index (χ1v) is 10.5. The smallest absolute Gasteiger partial charge is 0.343 e. The predicted octanol–water partition coefficient (Wildman–Crippen LogP) is 5.67. The summed E-state index contributed by atoms with van der Waals surface area (Å²) in [5.74, 6) is -0.612. The monoisotopic (exact) mass is 456 g/mol. The van der Waals surface area contributed by atoms with Crippen LogP contribution in [0.1, 0.15) is 29.8 Å². The molecule has 0 saturated heterocycles. The van der Waals surface area contributed by atoms with E-state index < -0.39 is 17.9 Å². The summed E-state index contributed by atoms with van der Waals surface area (Å²) in [5, 5.41) is 1.66. The number of fused-ring (bicyclic) bond motifs is 1. The minimum Gasteiger partial charge on any atom is -0.458 e. The molecule has 172 valence electrons. The molecule has 0 saturated carbocycles. The van der Waals surface area contributed by atoms with E-state index in [0.29, 0.717) is 28.2 Å². The first-order chi connectivity index (χ1) is 16.2. The number of carbonyl (C=O) groups excluding carboxylic acids is 3. The molecule has 0 radical (unpaired) electrons. The Hall–Kier alpha value is -4.45. The molecule has 0 spiro atoms. The third kappa shape index (κ3) is 6.53. The van der Waals surface area contributed by atoms with Crippen LogP contribution in [0.2, 0.25) is 0 Å². The highest BCUT2D eigenvalue weighted by atomic mass is 16.5. The number of esters is 3. The lowest BCUT2D eigenvalue weighted by Gasteiger charge is -2.08. The van der Waals surface area contributed by atoms with Gasteiger partial charge in [-0.2, -0.15) is 0 Å². The summed E-state index contributed by atoms with van der Waals surface area (Å²) in [5.41, 5.74) is 1.90. The van der Waals surface area contributed by atoms with Gasteiger partial charge in [0.1, 0.15) is 18.1 Å². The molecular weight excluding hydrogens is 432 g/mol. The molecule has 6 heteroatoms. The van der Waals surface area contributed by atoms with Crippen molar-refractivity contribution >= 4 is 34.8 Å². The van der Waals surface area contributed by atoms with Crippen molar-refractivity contribution in [1.29, 1.82) is 0 Å². The number of carbonyl (C=O) groups is 3. The van der Waals surface area contributed by atoms with Gasteiger partial charge < -0.3 is 14.2 Å². The highest BCUT2D eigenvalue weighted by Gasteiger charge is 2.10. The number of ether oxygens (including phenoxy) is 3. The van der Waals surface area contributed by atoms with Crippen LogP contribution in [0.3, 0.4) is 0 Å². The molecule has 0 aromatic heterocycles. The Bertz CT molecular complexity index is 1300. The average molecular weight is 456 g/mol. The van der Waals surface area contributed by atoms with Crippen LogP contribution in [-0.4, -0.2) is 24.5 Å². The van der Waals surface area contributed by atoms with E-state index in [-0.39, 0.29) is 6.61 Å². The van der Waals surface area contributed by atoms with Crippen molar-refractivity contribution in [3.8, 4) is 11.5 Å². The quantitative estimate of drug-likeness (QED) is 0.247. The zero-order valence-electron chi connectivity index (χ0n) is 19.0. The maximum Gasteiger partial charge on any atom is 0.343 e. The average Bonchev–Trinajstić information content (AvgIpc) is 2.81. The van der Waals surface area contributed by atoms with Crippen LogP contribution in [0, 0.1) is 0 Å². The van der Waals surface area contributed by atoms with Crippen LogP contribution in [0.15, 0.2) is 91.0 Å². The van der Waals surface area contributed by atoms with Crippen LogP contribution in [0.4, 0.5) is 0 Å². The van der Waals surface area contributed by atoms with Gasteiger partial charge in [-0.1, -0.05) is 43.5 Å². The summed E-state index contributed by atoms with van der Waals surface area (Å²) in [6, 6.07) is 17.2. The van der Waals surface area contributed by atoms with Crippen LogP contribution >= 0.6 is 0 Å². The standard InChI is InChI=1S/C28H24O6/c1-18(2)26(29)32-15-5-6-20-7-9-21(10-8-20)28(31)34-25-14-12-22-16-24(13-11-23(22)17-25)33-27(30)19(3)4/h5-14,16-17H,1,3,15H2,2,4H3/b6-5+. The van der Waals surface area contributed by atoms with E-state index in [1.54, 1.807) is 86.7 Å². The van der Waals surface area contributed by atoms with Crippen molar-refractivity contribution in [2.45, 2.75) is 13.8 Å². The Morgan fingerprint density at radius 1 is 0.765 bits per heavy atom. The lowest BCUT2D eigenvalue weighted by Crippen LogP contribution is -2.08. The van der Waals surface area contributed by atoms with E-state index in [9.17, 15) is 14.4 Å². The van der Waals surface area contributed by atoms with Gasteiger partial charge in [-0.05, 0) is 72.7 Å². The lowest BCUT2D eigenvalue weighted by molar-refractivity contribution is -0.137. The maximum atomic E-state index is 12.5. The molecular formula is C28H24O6. The third-order valence-electron chi connectivity index (χ3n) is 4.67. The van der Waals surface area contributed by atoms with Crippen molar-refractivity contribution in [2.24, 2.45) is 0 Å². The van der Waals surface area contributed by atoms with Crippen molar-refractivity contribution < 1.29 is 28.6 Å². The summed E-state index contributed by atoms with van der Waals surface area (Å²) in [4.78, 5) is 35.6. The van der Waals surface area contributed by atoms with Crippen molar-refractivity contribution in [3.63, 3.8) is 0 Å². The first-order valence-electron chi connectivity index (χ1n) is 10.5. The van der Waals surface area contributed by atoms with Crippen molar-refractivity contribution in [2.75, 3.05) is 6.61 Å². The van der Waals surface area contributed by atoms with Gasteiger partial charge in [0.25, 0.3) is 0 Å². The molecule has 0 aliphatic carbocycles. The zero-order valence-corrected chi connectivity index (χ0v) is 19.0. The Labute approximate surface area is 197 Å². The van der Waals surface area contributed by atoms with Crippen LogP contribution in [-0.2, 0) is 14.3 Å². The van der Waals surface area contributed by atoms with Gasteiger partial charge >= 0.3 is 17.9 Å². The van der Waals surface area contributed by atoms with Gasteiger partial charge in [0.2, 0.25) is 0 Å². The summed E-state index contributed by atoms with van der Waals surface area (Å²) in [6.07, 6.45) is 3.49. The molecule has 0 amide bonds. The molecule has 3 aromatic carbocycles. The van der Waals surface area contributed by atoms with Gasteiger partial charge in [0.05, 0.1) is 5.56 Å². The fraction of sp³-hybridized carbons (Fsp3) is 0.107. The third-order valence-corrected chi connectivity index (χ3v) is 4.67.